The summed E-state index contributed by atoms with van der Waals surface area (Å²) in [7, 11) is 5.29. The minimum absolute atomic E-state index is 0.0183. The Morgan fingerprint density at radius 3 is 2.27 bits per heavy atom. The zero-order chi connectivity index (χ0) is 27.1. The number of aryl methyl sites for hydroxylation is 1. The van der Waals surface area contributed by atoms with E-state index in [2.05, 4.69) is 13.2 Å². The number of methoxy groups -OCH3 is 1. The predicted octanol–water partition coefficient (Wildman–Crippen LogP) is 4.12. The van der Waals surface area contributed by atoms with E-state index in [1.54, 1.807) is 48.6 Å². The van der Waals surface area contributed by atoms with Gasteiger partial charge in [0.2, 0.25) is 0 Å². The third-order valence-electron chi connectivity index (χ3n) is 5.99. The van der Waals surface area contributed by atoms with Crippen molar-refractivity contribution in [1.29, 1.82) is 0 Å². The second-order valence-corrected chi connectivity index (χ2v) is 8.89. The second-order valence-electron chi connectivity index (χ2n) is 8.89. The van der Waals surface area contributed by atoms with E-state index < -0.39 is 17.7 Å². The molecule has 196 valence electrons. The highest BCUT2D eigenvalue weighted by Gasteiger charge is 2.46. The number of amides is 1. The molecule has 0 radical (unpaired) electrons. The van der Waals surface area contributed by atoms with Crippen LogP contribution in [-0.2, 0) is 9.59 Å². The monoisotopic (exact) mass is 506 g/mol. The summed E-state index contributed by atoms with van der Waals surface area (Å²) in [6.45, 7) is 10.6. The van der Waals surface area contributed by atoms with E-state index in [4.69, 9.17) is 14.2 Å². The van der Waals surface area contributed by atoms with E-state index >= 15 is 0 Å². The fourth-order valence-electron chi connectivity index (χ4n) is 4.15. The maximum atomic E-state index is 13.3. The van der Waals surface area contributed by atoms with Crippen LogP contribution >= 0.6 is 0 Å². The highest BCUT2D eigenvalue weighted by molar-refractivity contribution is 6.46. The number of nitrogens with zero attached hydrogens (tertiary/aromatic N) is 2. The van der Waals surface area contributed by atoms with Gasteiger partial charge in [0.1, 0.15) is 24.7 Å². The molecule has 2 aromatic carbocycles. The molecule has 8 nitrogen and oxygen atoms in total. The van der Waals surface area contributed by atoms with E-state index in [1.165, 1.54) is 12.0 Å². The highest BCUT2D eigenvalue weighted by Crippen LogP contribution is 2.42. The lowest BCUT2D eigenvalue weighted by Gasteiger charge is -2.27. The summed E-state index contributed by atoms with van der Waals surface area (Å²) in [5.41, 5.74) is 1.82. The van der Waals surface area contributed by atoms with Gasteiger partial charge in [-0.25, -0.2) is 0 Å². The number of Topliss-reactive ketones (excluding diaryl/α,β-unsaturated/α-hetero) is 1. The average Bonchev–Trinajstić information content (AvgIpc) is 3.14. The third kappa shape index (κ3) is 6.03. The Balaban J connectivity index is 2.14. The molecule has 0 aliphatic carbocycles. The van der Waals surface area contributed by atoms with Gasteiger partial charge in [-0.1, -0.05) is 31.4 Å². The molecule has 1 aliphatic heterocycles. The summed E-state index contributed by atoms with van der Waals surface area (Å²) in [6, 6.07) is 9.52. The van der Waals surface area contributed by atoms with Gasteiger partial charge in [-0.05, 0) is 62.5 Å². The van der Waals surface area contributed by atoms with Gasteiger partial charge in [-0.15, -0.1) is 0 Å². The van der Waals surface area contributed by atoms with Crippen LogP contribution in [-0.4, -0.2) is 74.1 Å². The number of benzene rings is 2. The SMILES string of the molecule is C=CCOc1ccc(/C(O)=C2\C(=O)C(=O)N(CCN(C)C)C2c2ccc(OCC=C)c(OC)c2)cc1C. The normalized spacial score (nSPS) is 16.7. The fraction of sp³-hybridized carbons (Fsp3) is 0.310. The minimum atomic E-state index is -0.806. The molecule has 0 saturated carbocycles. The van der Waals surface area contributed by atoms with Crippen molar-refractivity contribution in [2.75, 3.05) is 47.5 Å². The number of aliphatic hydroxyl groups excluding tert-OH is 1. The largest absolute Gasteiger partial charge is 0.507 e. The first-order valence-corrected chi connectivity index (χ1v) is 11.9. The Morgan fingerprint density at radius 1 is 1.03 bits per heavy atom. The molecule has 1 aliphatic rings. The number of carbonyl (C=O) groups is 2. The lowest BCUT2D eigenvalue weighted by molar-refractivity contribution is -0.140. The number of carbonyl (C=O) groups excluding carboxylic acids is 2. The molecule has 1 fully saturated rings. The average molecular weight is 507 g/mol. The van der Waals surface area contributed by atoms with Crippen molar-refractivity contribution in [1.82, 2.24) is 9.80 Å². The van der Waals surface area contributed by atoms with E-state index in [-0.39, 0.29) is 11.3 Å². The summed E-state index contributed by atoms with van der Waals surface area (Å²) in [5, 5.41) is 11.4. The molecule has 2 aromatic rings. The Kier molecular flexibility index (Phi) is 9.14. The molecule has 0 aromatic heterocycles. The maximum absolute atomic E-state index is 13.3. The molecular formula is C29H34N2O6. The number of ketones is 1. The predicted molar refractivity (Wildman–Crippen MR) is 143 cm³/mol. The van der Waals surface area contributed by atoms with Gasteiger partial charge >= 0.3 is 0 Å². The van der Waals surface area contributed by atoms with Crippen LogP contribution in [0.3, 0.4) is 0 Å². The zero-order valence-corrected chi connectivity index (χ0v) is 21.8. The number of aliphatic hydroxyl groups is 1. The highest BCUT2D eigenvalue weighted by atomic mass is 16.5. The molecule has 1 N–H and O–H groups in total. The third-order valence-corrected chi connectivity index (χ3v) is 5.99. The van der Waals surface area contributed by atoms with Crippen molar-refractivity contribution in [3.63, 3.8) is 0 Å². The van der Waals surface area contributed by atoms with Crippen LogP contribution in [0.25, 0.3) is 5.76 Å². The van der Waals surface area contributed by atoms with Crippen molar-refractivity contribution < 1.29 is 28.9 Å². The van der Waals surface area contributed by atoms with E-state index in [9.17, 15) is 14.7 Å². The second kappa shape index (κ2) is 12.3. The van der Waals surface area contributed by atoms with Crippen LogP contribution in [0, 0.1) is 6.92 Å². The molecule has 37 heavy (non-hydrogen) atoms. The van der Waals surface area contributed by atoms with Crippen molar-refractivity contribution in [2.45, 2.75) is 13.0 Å². The maximum Gasteiger partial charge on any atom is 0.295 e. The summed E-state index contributed by atoms with van der Waals surface area (Å²) in [4.78, 5) is 29.9. The van der Waals surface area contributed by atoms with Crippen LogP contribution in [0.1, 0.15) is 22.7 Å². The molecule has 1 atom stereocenters. The van der Waals surface area contributed by atoms with Crippen LogP contribution in [0.2, 0.25) is 0 Å². The molecule has 1 amide bonds. The lowest BCUT2D eigenvalue weighted by atomic mass is 9.94. The summed E-state index contributed by atoms with van der Waals surface area (Å²) in [6.07, 6.45) is 3.27. The van der Waals surface area contributed by atoms with Crippen LogP contribution in [0.15, 0.2) is 67.3 Å². The molecule has 0 spiro atoms. The first-order chi connectivity index (χ1) is 17.7. The van der Waals surface area contributed by atoms with Crippen LogP contribution < -0.4 is 14.2 Å². The van der Waals surface area contributed by atoms with Gasteiger partial charge in [0.25, 0.3) is 11.7 Å². The standard InChI is InChI=1S/C29H34N2O6/c1-7-15-36-22-11-10-21(17-19(22)3)27(32)25-26(31(14-13-30(4)5)29(34)28(25)33)20-9-12-23(37-16-8-2)24(18-20)35-6/h7-12,17-18,26,32H,1-2,13-16H2,3-6H3/b27-25+. The minimum Gasteiger partial charge on any atom is -0.507 e. The number of hydrogen-bond donors (Lipinski definition) is 1. The summed E-state index contributed by atoms with van der Waals surface area (Å²) < 4.78 is 16.8. The number of ether oxygens (including phenoxy) is 3. The Bertz CT molecular complexity index is 1220. The summed E-state index contributed by atoms with van der Waals surface area (Å²) >= 11 is 0. The molecule has 0 bridgehead atoms. The quantitative estimate of drug-likeness (QED) is 0.201. The fourth-order valence-corrected chi connectivity index (χ4v) is 4.15. The smallest absolute Gasteiger partial charge is 0.295 e. The molecule has 1 heterocycles. The summed E-state index contributed by atoms with van der Waals surface area (Å²) in [5.74, 6) is -0.0718. The topological polar surface area (TPSA) is 88.5 Å². The first-order valence-electron chi connectivity index (χ1n) is 11.9. The van der Waals surface area contributed by atoms with Gasteiger partial charge in [-0.2, -0.15) is 0 Å². The van der Waals surface area contributed by atoms with E-state index in [1.807, 2.05) is 25.9 Å². The Hall–Kier alpha value is -4.04. The Labute approximate surface area is 218 Å². The van der Waals surface area contributed by atoms with Gasteiger partial charge in [0.05, 0.1) is 18.7 Å². The van der Waals surface area contributed by atoms with Crippen molar-refractivity contribution >= 4 is 17.4 Å². The molecule has 1 saturated heterocycles. The molecule has 1 unspecified atom stereocenters. The van der Waals surface area contributed by atoms with Gasteiger partial charge < -0.3 is 29.1 Å². The lowest BCUT2D eigenvalue weighted by Crippen LogP contribution is -2.35. The number of likely N-dealkylation sites (tertiary alicyclic amines) is 1. The Morgan fingerprint density at radius 2 is 1.68 bits per heavy atom. The number of likely N-dealkylation sites (N-methyl/N-ethyl adjacent to an activating group) is 1. The number of hydrogen-bond acceptors (Lipinski definition) is 7. The van der Waals surface area contributed by atoms with Crippen molar-refractivity contribution in [3.8, 4) is 17.2 Å². The molecular weight excluding hydrogens is 472 g/mol. The van der Waals surface area contributed by atoms with E-state index in [0.717, 1.165) is 5.56 Å². The van der Waals surface area contributed by atoms with Crippen LogP contribution in [0.5, 0.6) is 17.2 Å². The van der Waals surface area contributed by atoms with E-state index in [0.29, 0.717) is 54.7 Å². The van der Waals surface area contributed by atoms with Crippen molar-refractivity contribution in [2.24, 2.45) is 0 Å². The van der Waals surface area contributed by atoms with Crippen molar-refractivity contribution in [3.05, 3.63) is 84.0 Å². The first kappa shape index (κ1) is 27.5. The van der Waals surface area contributed by atoms with Gasteiger partial charge in [-0.3, -0.25) is 9.59 Å². The van der Waals surface area contributed by atoms with Gasteiger partial charge in [0, 0.05) is 18.7 Å². The molecule has 8 heteroatoms. The number of rotatable bonds is 12. The molecule has 3 rings (SSSR count). The zero-order valence-electron chi connectivity index (χ0n) is 21.8. The van der Waals surface area contributed by atoms with Gasteiger partial charge in [0.15, 0.2) is 11.5 Å². The van der Waals surface area contributed by atoms with Crippen LogP contribution in [0.4, 0.5) is 0 Å².